The summed E-state index contributed by atoms with van der Waals surface area (Å²) in [5.74, 6) is 0.0123. The fourth-order valence-electron chi connectivity index (χ4n) is 2.25. The number of anilines is 1. The third-order valence-corrected chi connectivity index (χ3v) is 3.93. The summed E-state index contributed by atoms with van der Waals surface area (Å²) in [4.78, 5) is 14.2. The second-order valence-corrected chi connectivity index (χ2v) is 5.45. The lowest BCUT2D eigenvalue weighted by atomic mass is 10.2. The number of halogens is 1. The van der Waals surface area contributed by atoms with Crippen LogP contribution in [-0.2, 0) is 4.79 Å². The molecule has 1 aliphatic rings. The highest BCUT2D eigenvalue weighted by Crippen LogP contribution is 2.28. The molecule has 2 atom stereocenters. The maximum Gasteiger partial charge on any atom is 0.244 e. The number of carbonyl (C=O) groups excluding carboxylic acids is 1. The van der Waals surface area contributed by atoms with E-state index in [1.807, 2.05) is 31.2 Å². The number of carbonyl (C=O) groups is 1. The van der Waals surface area contributed by atoms with Gasteiger partial charge in [-0.2, -0.15) is 0 Å². The molecule has 0 saturated carbocycles. The third kappa shape index (κ3) is 2.67. The van der Waals surface area contributed by atoms with Gasteiger partial charge in [-0.3, -0.25) is 4.79 Å². The van der Waals surface area contributed by atoms with Crippen LogP contribution in [0.5, 0.6) is 0 Å². The van der Waals surface area contributed by atoms with E-state index in [2.05, 4.69) is 26.1 Å². The molecule has 1 amide bonds. The van der Waals surface area contributed by atoms with Crippen LogP contribution in [-0.4, -0.2) is 31.1 Å². The van der Waals surface area contributed by atoms with Crippen LogP contribution >= 0.6 is 15.9 Å². The Morgan fingerprint density at radius 1 is 1.50 bits per heavy atom. The Labute approximate surface area is 116 Å². The summed E-state index contributed by atoms with van der Waals surface area (Å²) in [5.41, 5.74) is 6.79. The molecule has 0 aromatic heterocycles. The SMILES string of the molecule is CC1CCN(c2ccccc2Br)C(CN)C(=O)N1. The van der Waals surface area contributed by atoms with Gasteiger partial charge in [-0.1, -0.05) is 12.1 Å². The largest absolute Gasteiger partial charge is 0.358 e. The van der Waals surface area contributed by atoms with Crippen LogP contribution in [0.4, 0.5) is 5.69 Å². The number of benzene rings is 1. The van der Waals surface area contributed by atoms with Gasteiger partial charge in [0.15, 0.2) is 0 Å². The van der Waals surface area contributed by atoms with Gasteiger partial charge < -0.3 is 16.0 Å². The summed E-state index contributed by atoms with van der Waals surface area (Å²) in [6, 6.07) is 7.82. The first-order valence-electron chi connectivity index (χ1n) is 6.15. The summed E-state index contributed by atoms with van der Waals surface area (Å²) in [5, 5.41) is 2.99. The maximum atomic E-state index is 12.1. The number of nitrogens with one attached hydrogen (secondary N) is 1. The summed E-state index contributed by atoms with van der Waals surface area (Å²) in [6.07, 6.45) is 0.920. The van der Waals surface area contributed by atoms with E-state index < -0.39 is 0 Å². The molecule has 0 bridgehead atoms. The summed E-state index contributed by atoms with van der Waals surface area (Å²) < 4.78 is 0.991. The molecule has 18 heavy (non-hydrogen) atoms. The highest BCUT2D eigenvalue weighted by Gasteiger charge is 2.30. The number of hydrogen-bond donors (Lipinski definition) is 2. The van der Waals surface area contributed by atoms with Gasteiger partial charge >= 0.3 is 0 Å². The zero-order valence-electron chi connectivity index (χ0n) is 10.4. The summed E-state index contributed by atoms with van der Waals surface area (Å²) >= 11 is 3.53. The van der Waals surface area contributed by atoms with Crippen molar-refractivity contribution in [2.24, 2.45) is 5.73 Å². The Morgan fingerprint density at radius 2 is 2.22 bits per heavy atom. The van der Waals surface area contributed by atoms with Crippen molar-refractivity contribution in [3.63, 3.8) is 0 Å². The fraction of sp³-hybridized carbons (Fsp3) is 0.462. The van der Waals surface area contributed by atoms with Crippen molar-refractivity contribution in [3.8, 4) is 0 Å². The first kappa shape index (κ1) is 13.4. The standard InChI is InChI=1S/C13H18BrN3O/c1-9-6-7-17(12(8-15)13(18)16-9)11-5-3-2-4-10(11)14/h2-5,9,12H,6-8,15H2,1H3,(H,16,18). The van der Waals surface area contributed by atoms with E-state index >= 15 is 0 Å². The zero-order chi connectivity index (χ0) is 13.1. The number of nitrogens with zero attached hydrogens (tertiary/aromatic N) is 1. The average molecular weight is 312 g/mol. The molecule has 3 N–H and O–H groups in total. The molecule has 1 aromatic carbocycles. The van der Waals surface area contributed by atoms with Gasteiger partial charge in [-0.25, -0.2) is 0 Å². The Balaban J connectivity index is 2.34. The van der Waals surface area contributed by atoms with Crippen LogP contribution in [0.25, 0.3) is 0 Å². The number of rotatable bonds is 2. The molecule has 1 heterocycles. The molecular formula is C13H18BrN3O. The molecular weight excluding hydrogens is 294 g/mol. The lowest BCUT2D eigenvalue weighted by Gasteiger charge is -2.30. The molecule has 98 valence electrons. The monoisotopic (exact) mass is 311 g/mol. The number of nitrogens with two attached hydrogens (primary N) is 1. The van der Waals surface area contributed by atoms with E-state index in [1.165, 1.54) is 0 Å². The molecule has 5 heteroatoms. The van der Waals surface area contributed by atoms with E-state index in [1.54, 1.807) is 0 Å². The highest BCUT2D eigenvalue weighted by molar-refractivity contribution is 9.10. The predicted molar refractivity (Wildman–Crippen MR) is 76.6 cm³/mol. The molecule has 0 radical (unpaired) electrons. The Bertz CT molecular complexity index is 438. The molecule has 1 fully saturated rings. The lowest BCUT2D eigenvalue weighted by molar-refractivity contribution is -0.122. The molecule has 0 spiro atoms. The van der Waals surface area contributed by atoms with Crippen molar-refractivity contribution in [3.05, 3.63) is 28.7 Å². The molecule has 0 aliphatic carbocycles. The maximum absolute atomic E-state index is 12.1. The third-order valence-electron chi connectivity index (χ3n) is 3.26. The van der Waals surface area contributed by atoms with E-state index in [9.17, 15) is 4.79 Å². The van der Waals surface area contributed by atoms with Gasteiger partial charge in [-0.05, 0) is 41.4 Å². The molecule has 1 aliphatic heterocycles. The second-order valence-electron chi connectivity index (χ2n) is 4.59. The minimum absolute atomic E-state index is 0.0123. The number of amides is 1. The van der Waals surface area contributed by atoms with Crippen LogP contribution in [0.3, 0.4) is 0 Å². The van der Waals surface area contributed by atoms with E-state index in [4.69, 9.17) is 5.73 Å². The van der Waals surface area contributed by atoms with Gasteiger partial charge in [-0.15, -0.1) is 0 Å². The zero-order valence-corrected chi connectivity index (χ0v) is 12.0. The Morgan fingerprint density at radius 3 is 2.89 bits per heavy atom. The number of para-hydroxylation sites is 1. The van der Waals surface area contributed by atoms with Gasteiger partial charge in [0.2, 0.25) is 5.91 Å². The minimum Gasteiger partial charge on any atom is -0.358 e. The normalized spacial score (nSPS) is 24.6. The van der Waals surface area contributed by atoms with Crippen LogP contribution in [0.1, 0.15) is 13.3 Å². The fourth-order valence-corrected chi connectivity index (χ4v) is 2.76. The average Bonchev–Trinajstić information content (AvgIpc) is 2.48. The Kier molecular flexibility index (Phi) is 4.24. The highest BCUT2D eigenvalue weighted by atomic mass is 79.9. The van der Waals surface area contributed by atoms with E-state index in [-0.39, 0.29) is 18.0 Å². The summed E-state index contributed by atoms with van der Waals surface area (Å²) in [6.45, 7) is 3.17. The molecule has 2 rings (SSSR count). The predicted octanol–water partition coefficient (Wildman–Crippen LogP) is 1.49. The molecule has 4 nitrogen and oxygen atoms in total. The van der Waals surface area contributed by atoms with Gasteiger partial charge in [0.05, 0.1) is 5.69 Å². The van der Waals surface area contributed by atoms with Crippen LogP contribution < -0.4 is 16.0 Å². The molecule has 1 aromatic rings. The molecule has 1 saturated heterocycles. The van der Waals surface area contributed by atoms with Crippen molar-refractivity contribution in [2.75, 3.05) is 18.0 Å². The van der Waals surface area contributed by atoms with Crippen molar-refractivity contribution in [1.82, 2.24) is 5.32 Å². The molecule has 2 unspecified atom stereocenters. The van der Waals surface area contributed by atoms with Crippen molar-refractivity contribution >= 4 is 27.5 Å². The first-order valence-corrected chi connectivity index (χ1v) is 6.94. The van der Waals surface area contributed by atoms with Gasteiger partial charge in [0.25, 0.3) is 0 Å². The topological polar surface area (TPSA) is 58.4 Å². The lowest BCUT2D eigenvalue weighted by Crippen LogP contribution is -2.49. The number of hydrogen-bond acceptors (Lipinski definition) is 3. The quantitative estimate of drug-likeness (QED) is 0.870. The summed E-state index contributed by atoms with van der Waals surface area (Å²) in [7, 11) is 0. The smallest absolute Gasteiger partial charge is 0.244 e. The van der Waals surface area contributed by atoms with Crippen molar-refractivity contribution in [1.29, 1.82) is 0 Å². The van der Waals surface area contributed by atoms with Crippen LogP contribution in [0.15, 0.2) is 28.7 Å². The van der Waals surface area contributed by atoms with Gasteiger partial charge in [0.1, 0.15) is 6.04 Å². The van der Waals surface area contributed by atoms with Crippen LogP contribution in [0, 0.1) is 0 Å². The van der Waals surface area contributed by atoms with Crippen molar-refractivity contribution < 1.29 is 4.79 Å². The van der Waals surface area contributed by atoms with Crippen molar-refractivity contribution in [2.45, 2.75) is 25.4 Å². The van der Waals surface area contributed by atoms with Gasteiger partial charge in [0, 0.05) is 23.6 Å². The van der Waals surface area contributed by atoms with E-state index in [0.717, 1.165) is 23.1 Å². The Hall–Kier alpha value is -1.07. The first-order chi connectivity index (χ1) is 8.63. The van der Waals surface area contributed by atoms with Crippen LogP contribution in [0.2, 0.25) is 0 Å². The van der Waals surface area contributed by atoms with E-state index in [0.29, 0.717) is 6.54 Å². The minimum atomic E-state index is -0.298. The second kappa shape index (κ2) is 5.71.